The predicted octanol–water partition coefficient (Wildman–Crippen LogP) is 3.90. The lowest BCUT2D eigenvalue weighted by Crippen LogP contribution is -2.17. The van der Waals surface area contributed by atoms with E-state index in [4.69, 9.17) is 5.11 Å². The Morgan fingerprint density at radius 1 is 1.05 bits per heavy atom. The van der Waals surface area contributed by atoms with Gasteiger partial charge in [0.05, 0.1) is 5.92 Å². The molecule has 4 heteroatoms. The number of carboxylic acids is 2. The van der Waals surface area contributed by atoms with Gasteiger partial charge in [-0.25, -0.2) is 0 Å². The largest absolute Gasteiger partial charge is 0.481 e. The van der Waals surface area contributed by atoms with Gasteiger partial charge in [0, 0.05) is 6.42 Å². The molecular formula is C18H20O4. The second-order valence-corrected chi connectivity index (χ2v) is 5.67. The fraction of sp³-hybridized carbons (Fsp3) is 0.333. The van der Waals surface area contributed by atoms with Gasteiger partial charge in [-0.05, 0) is 35.1 Å². The molecule has 22 heavy (non-hydrogen) atoms. The Balaban J connectivity index is 2.20. The highest BCUT2D eigenvalue weighted by Gasteiger charge is 2.22. The lowest BCUT2D eigenvalue weighted by molar-refractivity contribution is -0.143. The average Bonchev–Trinajstić information content (AvgIpc) is 2.50. The van der Waals surface area contributed by atoms with Gasteiger partial charge in [0.25, 0.3) is 0 Å². The molecule has 0 spiro atoms. The first-order valence-corrected chi connectivity index (χ1v) is 7.41. The van der Waals surface area contributed by atoms with Crippen molar-refractivity contribution in [3.8, 4) is 0 Å². The maximum absolute atomic E-state index is 11.3. The van der Waals surface area contributed by atoms with Crippen LogP contribution >= 0.6 is 0 Å². The van der Waals surface area contributed by atoms with Gasteiger partial charge in [0.2, 0.25) is 0 Å². The quantitative estimate of drug-likeness (QED) is 0.813. The normalized spacial score (nSPS) is 13.7. The van der Waals surface area contributed by atoms with Crippen LogP contribution in [0.1, 0.15) is 37.7 Å². The fourth-order valence-electron chi connectivity index (χ4n) is 2.87. The van der Waals surface area contributed by atoms with Crippen molar-refractivity contribution in [1.82, 2.24) is 0 Å². The summed E-state index contributed by atoms with van der Waals surface area (Å²) in [5.41, 5.74) is 1.11. The molecule has 0 radical (unpaired) electrons. The molecule has 0 saturated heterocycles. The van der Waals surface area contributed by atoms with Crippen LogP contribution in [-0.4, -0.2) is 22.2 Å². The van der Waals surface area contributed by atoms with Crippen molar-refractivity contribution in [3.05, 3.63) is 48.0 Å². The average molecular weight is 300 g/mol. The van der Waals surface area contributed by atoms with Crippen molar-refractivity contribution < 1.29 is 19.8 Å². The number of hydrogen-bond acceptors (Lipinski definition) is 2. The third-order valence-electron chi connectivity index (χ3n) is 4.05. The van der Waals surface area contributed by atoms with Crippen molar-refractivity contribution >= 4 is 22.7 Å². The summed E-state index contributed by atoms with van der Waals surface area (Å²) in [6.45, 7) is 2.00. The van der Waals surface area contributed by atoms with Gasteiger partial charge in [-0.15, -0.1) is 0 Å². The smallest absolute Gasteiger partial charge is 0.306 e. The van der Waals surface area contributed by atoms with Crippen molar-refractivity contribution in [2.75, 3.05) is 0 Å². The molecule has 2 unspecified atom stereocenters. The van der Waals surface area contributed by atoms with Crippen LogP contribution in [0.3, 0.4) is 0 Å². The minimum atomic E-state index is -0.955. The van der Waals surface area contributed by atoms with Crippen molar-refractivity contribution in [2.45, 2.75) is 32.1 Å². The van der Waals surface area contributed by atoms with E-state index in [9.17, 15) is 14.7 Å². The number of fused-ring (bicyclic) bond motifs is 1. The standard InChI is InChI=1S/C18H20O4/c1-12(11-14(18(21)22)9-10-17(19)20)15-8-4-6-13-5-2-3-7-16(13)15/h2-8,12,14H,9-11H2,1H3,(H,19,20)(H,21,22). The zero-order valence-electron chi connectivity index (χ0n) is 12.5. The summed E-state index contributed by atoms with van der Waals surface area (Å²) >= 11 is 0. The molecule has 2 atom stereocenters. The summed E-state index contributed by atoms with van der Waals surface area (Å²) in [6.07, 6.45) is 0.496. The van der Waals surface area contributed by atoms with Gasteiger partial charge in [-0.2, -0.15) is 0 Å². The lowest BCUT2D eigenvalue weighted by atomic mass is 9.85. The summed E-state index contributed by atoms with van der Waals surface area (Å²) in [4.78, 5) is 22.0. The van der Waals surface area contributed by atoms with E-state index in [1.54, 1.807) is 0 Å². The Labute approximate surface area is 129 Å². The monoisotopic (exact) mass is 300 g/mol. The molecule has 0 heterocycles. The van der Waals surface area contributed by atoms with E-state index in [1.165, 1.54) is 0 Å². The van der Waals surface area contributed by atoms with E-state index >= 15 is 0 Å². The summed E-state index contributed by atoms with van der Waals surface area (Å²) in [7, 11) is 0. The van der Waals surface area contributed by atoms with Crippen LogP contribution in [0.2, 0.25) is 0 Å². The van der Waals surface area contributed by atoms with Crippen LogP contribution in [-0.2, 0) is 9.59 Å². The molecule has 2 rings (SSSR count). The highest BCUT2D eigenvalue weighted by molar-refractivity contribution is 5.86. The zero-order chi connectivity index (χ0) is 16.1. The summed E-state index contributed by atoms with van der Waals surface area (Å²) < 4.78 is 0. The van der Waals surface area contributed by atoms with E-state index in [0.29, 0.717) is 6.42 Å². The molecule has 0 saturated carbocycles. The topological polar surface area (TPSA) is 74.6 Å². The summed E-state index contributed by atoms with van der Waals surface area (Å²) in [5.74, 6) is -2.46. The van der Waals surface area contributed by atoms with Gasteiger partial charge in [-0.3, -0.25) is 9.59 Å². The minimum Gasteiger partial charge on any atom is -0.481 e. The van der Waals surface area contributed by atoms with E-state index in [1.807, 2.05) is 49.4 Å². The molecule has 0 amide bonds. The van der Waals surface area contributed by atoms with Gasteiger partial charge in [-0.1, -0.05) is 49.4 Å². The van der Waals surface area contributed by atoms with Crippen LogP contribution in [0.4, 0.5) is 0 Å². The Morgan fingerprint density at radius 3 is 2.41 bits per heavy atom. The molecule has 0 aromatic heterocycles. The number of hydrogen-bond donors (Lipinski definition) is 2. The molecule has 4 nitrogen and oxygen atoms in total. The summed E-state index contributed by atoms with van der Waals surface area (Å²) in [6, 6.07) is 14.0. The third-order valence-corrected chi connectivity index (χ3v) is 4.05. The molecule has 0 aliphatic carbocycles. The molecule has 0 bridgehead atoms. The molecular weight excluding hydrogens is 280 g/mol. The van der Waals surface area contributed by atoms with E-state index in [-0.39, 0.29) is 18.8 Å². The Hall–Kier alpha value is -2.36. The highest BCUT2D eigenvalue weighted by atomic mass is 16.4. The van der Waals surface area contributed by atoms with Crippen molar-refractivity contribution in [3.63, 3.8) is 0 Å². The van der Waals surface area contributed by atoms with Gasteiger partial charge < -0.3 is 10.2 Å². The number of carboxylic acid groups (broad SMARTS) is 2. The van der Waals surface area contributed by atoms with E-state index < -0.39 is 17.9 Å². The first-order valence-electron chi connectivity index (χ1n) is 7.41. The molecule has 2 N–H and O–H groups in total. The zero-order valence-corrected chi connectivity index (χ0v) is 12.5. The van der Waals surface area contributed by atoms with Gasteiger partial charge in [0.1, 0.15) is 0 Å². The lowest BCUT2D eigenvalue weighted by Gasteiger charge is -2.19. The number of carbonyl (C=O) groups is 2. The number of aliphatic carboxylic acids is 2. The third kappa shape index (κ3) is 3.85. The predicted molar refractivity (Wildman–Crippen MR) is 85.0 cm³/mol. The summed E-state index contributed by atoms with van der Waals surface area (Å²) in [5, 5.41) is 20.3. The van der Waals surface area contributed by atoms with Gasteiger partial charge >= 0.3 is 11.9 Å². The van der Waals surface area contributed by atoms with Crippen LogP contribution in [0.15, 0.2) is 42.5 Å². The van der Waals surface area contributed by atoms with Gasteiger partial charge in [0.15, 0.2) is 0 Å². The molecule has 0 aliphatic rings. The Kier molecular flexibility index (Phi) is 5.15. The number of rotatable bonds is 7. The van der Waals surface area contributed by atoms with Crippen molar-refractivity contribution in [1.29, 1.82) is 0 Å². The Bertz CT molecular complexity index is 672. The molecule has 2 aromatic rings. The second-order valence-electron chi connectivity index (χ2n) is 5.67. The van der Waals surface area contributed by atoms with E-state index in [2.05, 4.69) is 0 Å². The van der Waals surface area contributed by atoms with Crippen molar-refractivity contribution in [2.24, 2.45) is 5.92 Å². The Morgan fingerprint density at radius 2 is 1.73 bits per heavy atom. The first kappa shape index (κ1) is 16.0. The van der Waals surface area contributed by atoms with Crippen LogP contribution < -0.4 is 0 Å². The molecule has 0 aliphatic heterocycles. The highest BCUT2D eigenvalue weighted by Crippen LogP contribution is 2.31. The second kappa shape index (κ2) is 7.07. The molecule has 2 aromatic carbocycles. The SMILES string of the molecule is CC(CC(CCC(=O)O)C(=O)O)c1cccc2ccccc12. The van der Waals surface area contributed by atoms with Crippen LogP contribution in [0, 0.1) is 5.92 Å². The van der Waals surface area contributed by atoms with E-state index in [0.717, 1.165) is 16.3 Å². The number of benzene rings is 2. The maximum atomic E-state index is 11.3. The van der Waals surface area contributed by atoms with Crippen LogP contribution in [0.25, 0.3) is 10.8 Å². The molecule has 116 valence electrons. The first-order chi connectivity index (χ1) is 10.5. The molecule has 0 fully saturated rings. The minimum absolute atomic E-state index is 0.0565. The maximum Gasteiger partial charge on any atom is 0.306 e. The van der Waals surface area contributed by atoms with Crippen LogP contribution in [0.5, 0.6) is 0 Å². The fourth-order valence-corrected chi connectivity index (χ4v) is 2.87.